The Hall–Kier alpha value is -2.05. The van der Waals surface area contributed by atoms with E-state index in [-0.39, 0.29) is 46.8 Å². The molecule has 1 rings (SSSR count). The number of nitrogens with one attached hydrogen (secondary N) is 4. The Morgan fingerprint density at radius 2 is 0.875 bits per heavy atom. The molecule has 1 aromatic carbocycles. The maximum atomic E-state index is 13.2. The minimum Gasteiger partial charge on any atom is -0.464 e. The summed E-state index contributed by atoms with van der Waals surface area (Å²) in [5.74, 6) is -3.61. The molecular weight excluding hydrogens is 875 g/mol. The lowest BCUT2D eigenvalue weighted by Gasteiger charge is -2.22. The van der Waals surface area contributed by atoms with Crippen LogP contribution in [-0.4, -0.2) is 74.2 Å². The fraction of sp³-hybridized carbons (Fsp3) is 0.455. The highest BCUT2D eigenvalue weighted by molar-refractivity contribution is 14.1. The molecule has 18 heteroatoms. The smallest absolute Gasteiger partial charge is 0.302 e. The number of hydrogen-bond donors (Lipinski definition) is 5. The molecule has 0 spiro atoms. The molecule has 0 bridgehead atoms. The molecule has 40 heavy (non-hydrogen) atoms. The van der Waals surface area contributed by atoms with E-state index in [0.29, 0.717) is 7.14 Å². The normalized spacial score (nSPS) is 10.6. The SMILES string of the molecule is CC(=O)OCC(COC(C)=O)NNC(=O)c1c(I)c(N)c(I)c(C(=O)NNC(COC(C)=O)COC(C)=O)c1I. The van der Waals surface area contributed by atoms with Gasteiger partial charge in [-0.2, -0.15) is 0 Å². The van der Waals surface area contributed by atoms with E-state index in [1.165, 1.54) is 27.7 Å². The average molecular weight is 903 g/mol. The van der Waals surface area contributed by atoms with Gasteiger partial charge in [0.05, 0.1) is 36.0 Å². The number of hydrazine groups is 2. The summed E-state index contributed by atoms with van der Waals surface area (Å²) >= 11 is 5.59. The number of esters is 4. The van der Waals surface area contributed by atoms with E-state index in [0.717, 1.165) is 0 Å². The van der Waals surface area contributed by atoms with Gasteiger partial charge >= 0.3 is 23.9 Å². The van der Waals surface area contributed by atoms with Crippen LogP contribution in [0.15, 0.2) is 0 Å². The Kier molecular flexibility index (Phi) is 15.9. The number of anilines is 1. The van der Waals surface area contributed by atoms with Crippen molar-refractivity contribution in [2.75, 3.05) is 32.2 Å². The highest BCUT2D eigenvalue weighted by Crippen LogP contribution is 2.33. The van der Waals surface area contributed by atoms with Crippen LogP contribution in [0.4, 0.5) is 5.69 Å². The minimum absolute atomic E-state index is 0.0758. The van der Waals surface area contributed by atoms with Gasteiger partial charge in [-0.1, -0.05) is 0 Å². The van der Waals surface area contributed by atoms with Crippen LogP contribution in [0, 0.1) is 10.7 Å². The minimum atomic E-state index is -0.772. The summed E-state index contributed by atoms with van der Waals surface area (Å²) in [4.78, 5) is 71.1. The van der Waals surface area contributed by atoms with Crippen molar-refractivity contribution in [2.45, 2.75) is 39.8 Å². The molecule has 0 aliphatic rings. The molecule has 0 fully saturated rings. The highest BCUT2D eigenvalue weighted by Gasteiger charge is 2.28. The summed E-state index contributed by atoms with van der Waals surface area (Å²) in [6.45, 7) is 4.02. The molecule has 0 unspecified atom stereocenters. The van der Waals surface area contributed by atoms with Crippen molar-refractivity contribution in [3.05, 3.63) is 21.8 Å². The summed E-state index contributed by atoms with van der Waals surface area (Å²) in [6, 6.07) is -1.54. The molecule has 15 nitrogen and oxygen atoms in total. The van der Waals surface area contributed by atoms with Crippen molar-refractivity contribution in [1.29, 1.82) is 0 Å². The molecule has 222 valence electrons. The molecule has 1 aromatic rings. The third-order valence-electron chi connectivity index (χ3n) is 4.54. The van der Waals surface area contributed by atoms with Crippen LogP contribution >= 0.6 is 67.8 Å². The van der Waals surface area contributed by atoms with Crippen molar-refractivity contribution >= 4 is 109 Å². The zero-order valence-corrected chi connectivity index (χ0v) is 28.2. The first kappa shape index (κ1) is 36.0. The number of ether oxygens (including phenoxy) is 4. The van der Waals surface area contributed by atoms with Crippen LogP contribution in [0.5, 0.6) is 0 Å². The predicted octanol–water partition coefficient (Wildman–Crippen LogP) is 0.541. The highest BCUT2D eigenvalue weighted by atomic mass is 127. The number of hydrogen-bond acceptors (Lipinski definition) is 13. The summed E-state index contributed by atoms with van der Waals surface area (Å²) in [5.41, 5.74) is 16.8. The van der Waals surface area contributed by atoms with Crippen molar-refractivity contribution < 1.29 is 47.7 Å². The quantitative estimate of drug-likeness (QED) is 0.0568. The van der Waals surface area contributed by atoms with Crippen LogP contribution in [0.25, 0.3) is 0 Å². The van der Waals surface area contributed by atoms with Crippen molar-refractivity contribution in [3.8, 4) is 0 Å². The van der Waals surface area contributed by atoms with E-state index in [1.807, 2.05) is 67.8 Å². The molecule has 0 saturated heterocycles. The molecule has 0 radical (unpaired) electrons. The summed E-state index contributed by atoms with van der Waals surface area (Å²) < 4.78 is 20.7. The second-order valence-electron chi connectivity index (χ2n) is 7.91. The van der Waals surface area contributed by atoms with E-state index >= 15 is 0 Å². The molecule has 0 aromatic heterocycles. The van der Waals surface area contributed by atoms with Gasteiger partial charge in [0.15, 0.2) is 0 Å². The molecule has 0 atom stereocenters. The number of carbonyl (C=O) groups excluding carboxylic acids is 6. The van der Waals surface area contributed by atoms with E-state index in [9.17, 15) is 28.8 Å². The van der Waals surface area contributed by atoms with Crippen LogP contribution in [0.1, 0.15) is 48.4 Å². The topological polar surface area (TPSA) is 213 Å². The van der Waals surface area contributed by atoms with E-state index < -0.39 is 47.8 Å². The van der Waals surface area contributed by atoms with Gasteiger partial charge in [-0.15, -0.1) is 0 Å². The number of halogens is 3. The van der Waals surface area contributed by atoms with Gasteiger partial charge in [-0.25, -0.2) is 10.9 Å². The van der Waals surface area contributed by atoms with Crippen LogP contribution in [-0.2, 0) is 38.1 Å². The number of nitrogens with two attached hydrogens (primary N) is 1. The molecule has 0 aliphatic carbocycles. The summed E-state index contributed by atoms with van der Waals surface area (Å²) in [5, 5.41) is 0. The Morgan fingerprint density at radius 3 is 1.12 bits per heavy atom. The molecule has 6 N–H and O–H groups in total. The van der Waals surface area contributed by atoms with Gasteiger partial charge in [0.25, 0.3) is 11.8 Å². The Bertz CT molecular complexity index is 1030. The summed E-state index contributed by atoms with van der Waals surface area (Å²) in [6.07, 6.45) is 0. The number of rotatable bonds is 14. The molecule has 0 aliphatic heterocycles. The van der Waals surface area contributed by atoms with Gasteiger partial charge < -0.3 is 24.7 Å². The summed E-state index contributed by atoms with van der Waals surface area (Å²) in [7, 11) is 0. The Morgan fingerprint density at radius 1 is 0.600 bits per heavy atom. The van der Waals surface area contributed by atoms with Crippen LogP contribution in [0.2, 0.25) is 0 Å². The van der Waals surface area contributed by atoms with E-state index in [1.54, 1.807) is 0 Å². The first-order valence-corrected chi connectivity index (χ1v) is 14.5. The van der Waals surface area contributed by atoms with Crippen molar-refractivity contribution in [2.24, 2.45) is 0 Å². The second kappa shape index (κ2) is 17.7. The van der Waals surface area contributed by atoms with Crippen molar-refractivity contribution in [1.82, 2.24) is 21.7 Å². The standard InChI is InChI=1S/C22H28I3N5O10/c1-9(31)37-5-13(6-38-10(2)32)27-29-21(35)15-17(23)16(19(25)20(26)18(15)24)22(36)30-28-14(7-39-11(3)33)8-40-12(4)34/h13-14,27-28H,5-8,26H2,1-4H3,(H,29,35)(H,30,36). The van der Waals surface area contributed by atoms with Gasteiger partial charge in [0, 0.05) is 31.3 Å². The number of carbonyl (C=O) groups is 6. The fourth-order valence-electron chi connectivity index (χ4n) is 2.68. The third-order valence-corrected chi connectivity index (χ3v) is 7.86. The molecule has 0 saturated carbocycles. The zero-order valence-electron chi connectivity index (χ0n) is 21.8. The fourth-order valence-corrected chi connectivity index (χ4v) is 6.82. The van der Waals surface area contributed by atoms with Gasteiger partial charge in [-0.3, -0.25) is 39.6 Å². The lowest BCUT2D eigenvalue weighted by atomic mass is 10.1. The van der Waals surface area contributed by atoms with Crippen LogP contribution in [0.3, 0.4) is 0 Å². The molecular formula is C22H28I3N5O10. The molecule has 0 heterocycles. The lowest BCUT2D eigenvalue weighted by molar-refractivity contribution is -0.146. The van der Waals surface area contributed by atoms with Crippen LogP contribution < -0.4 is 27.4 Å². The molecule has 2 amide bonds. The average Bonchev–Trinajstić information content (AvgIpc) is 2.86. The first-order chi connectivity index (χ1) is 18.6. The lowest BCUT2D eigenvalue weighted by Crippen LogP contribution is -2.50. The Labute approximate surface area is 270 Å². The van der Waals surface area contributed by atoms with Gasteiger partial charge in [0.2, 0.25) is 0 Å². The third kappa shape index (κ3) is 12.2. The largest absolute Gasteiger partial charge is 0.464 e. The van der Waals surface area contributed by atoms with E-state index in [2.05, 4.69) is 21.7 Å². The number of amides is 2. The predicted molar refractivity (Wildman–Crippen MR) is 164 cm³/mol. The Balaban J connectivity index is 3.15. The maximum absolute atomic E-state index is 13.2. The maximum Gasteiger partial charge on any atom is 0.302 e. The monoisotopic (exact) mass is 903 g/mol. The van der Waals surface area contributed by atoms with Gasteiger partial charge in [-0.05, 0) is 67.8 Å². The zero-order chi connectivity index (χ0) is 30.6. The number of benzene rings is 1. The first-order valence-electron chi connectivity index (χ1n) is 11.3. The van der Waals surface area contributed by atoms with Gasteiger partial charge in [0.1, 0.15) is 26.4 Å². The van der Waals surface area contributed by atoms with Crippen molar-refractivity contribution in [3.63, 3.8) is 0 Å². The second-order valence-corrected chi connectivity index (χ2v) is 11.1. The van der Waals surface area contributed by atoms with E-state index in [4.69, 9.17) is 24.7 Å². The number of nitrogen functional groups attached to an aromatic ring is 1.